The zero-order chi connectivity index (χ0) is 13.0. The molecule has 5 heteroatoms. The molecule has 0 saturated heterocycles. The molecule has 5 nitrogen and oxygen atoms in total. The molecule has 0 spiro atoms. The van der Waals surface area contributed by atoms with Crippen molar-refractivity contribution in [3.8, 4) is 0 Å². The Morgan fingerprint density at radius 3 is 2.41 bits per heavy atom. The van der Waals surface area contributed by atoms with Crippen molar-refractivity contribution in [1.82, 2.24) is 9.97 Å². The summed E-state index contributed by atoms with van der Waals surface area (Å²) < 4.78 is 0. The first-order chi connectivity index (χ1) is 7.93. The van der Waals surface area contributed by atoms with Crippen LogP contribution in [0.4, 0.5) is 11.8 Å². The number of rotatable bonds is 5. The minimum Gasteiger partial charge on any atom is -0.354 e. The van der Waals surface area contributed by atoms with Crippen LogP contribution < -0.4 is 16.2 Å². The van der Waals surface area contributed by atoms with Crippen molar-refractivity contribution in [3.63, 3.8) is 0 Å². The number of aromatic nitrogens is 2. The van der Waals surface area contributed by atoms with Crippen LogP contribution in [0.15, 0.2) is 6.07 Å². The Hall–Kier alpha value is -1.36. The Bertz CT molecular complexity index is 362. The van der Waals surface area contributed by atoms with Crippen molar-refractivity contribution < 1.29 is 0 Å². The van der Waals surface area contributed by atoms with Crippen LogP contribution in [0.1, 0.15) is 33.4 Å². The minimum atomic E-state index is 0.400. The molecule has 0 aliphatic heterocycles. The Labute approximate surface area is 103 Å². The topological polar surface area (TPSA) is 67.1 Å². The lowest BCUT2D eigenvalue weighted by Crippen LogP contribution is -2.35. The van der Waals surface area contributed by atoms with Crippen molar-refractivity contribution in [2.75, 3.05) is 16.9 Å². The Morgan fingerprint density at radius 2 is 1.94 bits per heavy atom. The first kappa shape index (κ1) is 13.7. The molecule has 1 aromatic heterocycles. The van der Waals surface area contributed by atoms with Gasteiger partial charge in [-0.2, -0.15) is 4.98 Å². The van der Waals surface area contributed by atoms with Crippen molar-refractivity contribution in [2.45, 2.75) is 40.7 Å². The summed E-state index contributed by atoms with van der Waals surface area (Å²) in [5, 5.41) is 0. The summed E-state index contributed by atoms with van der Waals surface area (Å²) >= 11 is 0. The van der Waals surface area contributed by atoms with Crippen molar-refractivity contribution in [1.29, 1.82) is 0 Å². The first-order valence-electron chi connectivity index (χ1n) is 6.03. The van der Waals surface area contributed by atoms with Gasteiger partial charge in [-0.1, -0.05) is 13.8 Å². The lowest BCUT2D eigenvalue weighted by atomic mass is 10.2. The summed E-state index contributed by atoms with van der Waals surface area (Å²) in [5.41, 5.74) is 3.42. The third-order valence-electron chi connectivity index (χ3n) is 2.45. The van der Waals surface area contributed by atoms with Gasteiger partial charge in [-0.05, 0) is 26.7 Å². The quantitative estimate of drug-likeness (QED) is 0.605. The summed E-state index contributed by atoms with van der Waals surface area (Å²) in [6.07, 6.45) is 0. The fraction of sp³-hybridized carbons (Fsp3) is 0.667. The van der Waals surface area contributed by atoms with Crippen LogP contribution in [0, 0.1) is 12.8 Å². The Morgan fingerprint density at radius 1 is 1.29 bits per heavy atom. The van der Waals surface area contributed by atoms with Gasteiger partial charge < -0.3 is 4.90 Å². The number of nitrogens with two attached hydrogens (primary N) is 1. The van der Waals surface area contributed by atoms with Gasteiger partial charge in [-0.25, -0.2) is 10.8 Å². The molecular formula is C12H23N5. The zero-order valence-corrected chi connectivity index (χ0v) is 11.4. The van der Waals surface area contributed by atoms with Gasteiger partial charge in [0.2, 0.25) is 5.95 Å². The average Bonchev–Trinajstić information content (AvgIpc) is 2.24. The summed E-state index contributed by atoms with van der Waals surface area (Å²) in [5.74, 6) is 7.35. The number of hydrazine groups is 1. The molecule has 0 aliphatic rings. The maximum Gasteiger partial charge on any atom is 0.239 e. The highest BCUT2D eigenvalue weighted by atomic mass is 15.3. The maximum atomic E-state index is 5.37. The highest BCUT2D eigenvalue weighted by molar-refractivity contribution is 5.45. The predicted octanol–water partition coefficient (Wildman–Crippen LogP) is 1.94. The second-order valence-corrected chi connectivity index (χ2v) is 4.98. The minimum absolute atomic E-state index is 0.400. The number of hydrogen-bond acceptors (Lipinski definition) is 5. The van der Waals surface area contributed by atoms with Crippen LogP contribution in [-0.4, -0.2) is 22.6 Å². The van der Waals surface area contributed by atoms with E-state index in [2.05, 4.69) is 48.0 Å². The van der Waals surface area contributed by atoms with E-state index in [9.17, 15) is 0 Å². The lowest BCUT2D eigenvalue weighted by Gasteiger charge is -2.29. The zero-order valence-electron chi connectivity index (χ0n) is 11.4. The molecule has 0 saturated carbocycles. The van der Waals surface area contributed by atoms with Gasteiger partial charge >= 0.3 is 0 Å². The van der Waals surface area contributed by atoms with Crippen LogP contribution >= 0.6 is 0 Å². The van der Waals surface area contributed by atoms with E-state index >= 15 is 0 Å². The van der Waals surface area contributed by atoms with E-state index in [0.717, 1.165) is 18.1 Å². The van der Waals surface area contributed by atoms with Crippen LogP contribution in [0.5, 0.6) is 0 Å². The molecule has 0 aliphatic carbocycles. The molecule has 0 atom stereocenters. The van der Waals surface area contributed by atoms with Crippen LogP contribution in [0.3, 0.4) is 0 Å². The number of anilines is 2. The van der Waals surface area contributed by atoms with Gasteiger partial charge in [-0.15, -0.1) is 0 Å². The number of nitrogens with one attached hydrogen (secondary N) is 1. The molecule has 0 radical (unpaired) electrons. The molecule has 17 heavy (non-hydrogen) atoms. The van der Waals surface area contributed by atoms with Gasteiger partial charge in [0.1, 0.15) is 5.82 Å². The van der Waals surface area contributed by atoms with Crippen LogP contribution in [-0.2, 0) is 0 Å². The second kappa shape index (κ2) is 5.82. The molecule has 0 bridgehead atoms. The molecule has 3 N–H and O–H groups in total. The van der Waals surface area contributed by atoms with E-state index in [-0.39, 0.29) is 0 Å². The van der Waals surface area contributed by atoms with Gasteiger partial charge in [0.25, 0.3) is 0 Å². The molecule has 96 valence electrons. The molecular weight excluding hydrogens is 214 g/mol. The SMILES string of the molecule is Cc1cc(N(CC(C)C)C(C)C)nc(NN)n1. The number of aryl methyl sites for hydroxylation is 1. The molecule has 0 fully saturated rings. The third kappa shape index (κ3) is 3.85. The van der Waals surface area contributed by atoms with Gasteiger partial charge in [-0.3, -0.25) is 5.43 Å². The summed E-state index contributed by atoms with van der Waals surface area (Å²) in [4.78, 5) is 10.9. The van der Waals surface area contributed by atoms with E-state index in [0.29, 0.717) is 17.9 Å². The third-order valence-corrected chi connectivity index (χ3v) is 2.45. The van der Waals surface area contributed by atoms with E-state index < -0.39 is 0 Å². The van der Waals surface area contributed by atoms with E-state index in [1.807, 2.05) is 13.0 Å². The second-order valence-electron chi connectivity index (χ2n) is 4.98. The Kier molecular flexibility index (Phi) is 4.69. The van der Waals surface area contributed by atoms with Gasteiger partial charge in [0.05, 0.1) is 0 Å². The maximum absolute atomic E-state index is 5.37. The lowest BCUT2D eigenvalue weighted by molar-refractivity contribution is 0.565. The van der Waals surface area contributed by atoms with Crippen molar-refractivity contribution in [2.24, 2.45) is 11.8 Å². The highest BCUT2D eigenvalue weighted by Gasteiger charge is 2.14. The van der Waals surface area contributed by atoms with E-state index in [4.69, 9.17) is 5.84 Å². The standard InChI is InChI=1S/C12H23N5/c1-8(2)7-17(9(3)4)11-6-10(5)14-12(15-11)16-13/h6,8-9H,7,13H2,1-5H3,(H,14,15,16). The van der Waals surface area contributed by atoms with Crippen molar-refractivity contribution >= 4 is 11.8 Å². The summed E-state index contributed by atoms with van der Waals surface area (Å²) in [6, 6.07) is 2.39. The Balaban J connectivity index is 3.04. The van der Waals surface area contributed by atoms with Crippen LogP contribution in [0.25, 0.3) is 0 Å². The molecule has 1 heterocycles. The normalized spacial score (nSPS) is 11.1. The molecule has 1 aromatic rings. The summed E-state index contributed by atoms with van der Waals surface area (Å²) in [7, 11) is 0. The average molecular weight is 237 g/mol. The number of nitrogens with zero attached hydrogens (tertiary/aromatic N) is 3. The molecule has 1 rings (SSSR count). The fourth-order valence-corrected chi connectivity index (χ4v) is 1.73. The molecule has 0 aromatic carbocycles. The van der Waals surface area contributed by atoms with Crippen LogP contribution in [0.2, 0.25) is 0 Å². The highest BCUT2D eigenvalue weighted by Crippen LogP contribution is 2.18. The first-order valence-corrected chi connectivity index (χ1v) is 6.03. The summed E-state index contributed by atoms with van der Waals surface area (Å²) in [6.45, 7) is 11.6. The largest absolute Gasteiger partial charge is 0.354 e. The van der Waals surface area contributed by atoms with E-state index in [1.54, 1.807) is 0 Å². The predicted molar refractivity (Wildman–Crippen MR) is 71.9 cm³/mol. The number of hydrogen-bond donors (Lipinski definition) is 2. The number of nitrogen functional groups attached to an aromatic ring is 1. The van der Waals surface area contributed by atoms with Gasteiger partial charge in [0, 0.05) is 24.3 Å². The smallest absolute Gasteiger partial charge is 0.239 e. The van der Waals surface area contributed by atoms with Crippen molar-refractivity contribution in [3.05, 3.63) is 11.8 Å². The monoisotopic (exact) mass is 237 g/mol. The molecule has 0 unspecified atom stereocenters. The van der Waals surface area contributed by atoms with Gasteiger partial charge in [0.15, 0.2) is 0 Å². The molecule has 0 amide bonds. The fourth-order valence-electron chi connectivity index (χ4n) is 1.73. The van der Waals surface area contributed by atoms with E-state index in [1.165, 1.54) is 0 Å².